The zero-order valence-corrected chi connectivity index (χ0v) is 11.2. The highest BCUT2D eigenvalue weighted by atomic mass is 79.9. The summed E-state index contributed by atoms with van der Waals surface area (Å²) in [6.45, 7) is 1.95. The number of aromatic nitrogens is 1. The molecule has 0 bridgehead atoms. The first kappa shape index (κ1) is 11.5. The molecule has 1 aliphatic rings. The summed E-state index contributed by atoms with van der Waals surface area (Å²) in [5, 5.41) is 0.694. The van der Waals surface area contributed by atoms with Gasteiger partial charge in [0.05, 0.1) is 5.02 Å². The number of nitrogens with zero attached hydrogens (tertiary/aromatic N) is 2. The number of rotatable bonds is 2. The predicted molar refractivity (Wildman–Crippen MR) is 68.0 cm³/mol. The average Bonchev–Trinajstić information content (AvgIpc) is 2.66. The van der Waals surface area contributed by atoms with Crippen LogP contribution in [0.1, 0.15) is 6.42 Å². The van der Waals surface area contributed by atoms with Crippen molar-refractivity contribution < 1.29 is 0 Å². The Kier molecular flexibility index (Phi) is 3.75. The third-order valence-corrected chi connectivity index (χ3v) is 3.74. The van der Waals surface area contributed by atoms with Gasteiger partial charge in [0.1, 0.15) is 5.82 Å². The summed E-state index contributed by atoms with van der Waals surface area (Å²) in [4.78, 5) is 6.53. The van der Waals surface area contributed by atoms with Gasteiger partial charge in [-0.3, -0.25) is 0 Å². The fourth-order valence-electron chi connectivity index (χ4n) is 1.79. The molecule has 0 amide bonds. The number of pyridine rings is 1. The van der Waals surface area contributed by atoms with Gasteiger partial charge in [0.15, 0.2) is 0 Å². The minimum Gasteiger partial charge on any atom is -0.355 e. The lowest BCUT2D eigenvalue weighted by atomic mass is 10.2. The lowest BCUT2D eigenvalue weighted by Gasteiger charge is -2.18. The Hall–Kier alpha value is 0.01000. The molecule has 82 valence electrons. The van der Waals surface area contributed by atoms with Crippen LogP contribution in [0.25, 0.3) is 0 Å². The van der Waals surface area contributed by atoms with E-state index in [9.17, 15) is 0 Å². The molecule has 0 N–H and O–H groups in total. The van der Waals surface area contributed by atoms with Crippen molar-refractivity contribution in [1.29, 1.82) is 0 Å². The second kappa shape index (κ2) is 4.89. The van der Waals surface area contributed by atoms with Gasteiger partial charge in [-0.05, 0) is 34.3 Å². The molecule has 1 atom stereocenters. The second-order valence-corrected chi connectivity index (χ2v) is 5.35. The predicted octanol–water partition coefficient (Wildman–Crippen LogP) is 3.56. The van der Waals surface area contributed by atoms with Crippen LogP contribution in [-0.2, 0) is 0 Å². The van der Waals surface area contributed by atoms with Gasteiger partial charge in [-0.15, -0.1) is 11.6 Å². The summed E-state index contributed by atoms with van der Waals surface area (Å²) in [5.74, 6) is 2.14. The first-order valence-corrected chi connectivity index (χ1v) is 6.53. The van der Waals surface area contributed by atoms with E-state index in [4.69, 9.17) is 23.2 Å². The van der Waals surface area contributed by atoms with Gasteiger partial charge in [0.2, 0.25) is 0 Å². The third-order valence-electron chi connectivity index (χ3n) is 2.59. The third kappa shape index (κ3) is 2.58. The summed E-state index contributed by atoms with van der Waals surface area (Å²) in [5.41, 5.74) is 0. The minimum absolute atomic E-state index is 0.563. The van der Waals surface area contributed by atoms with Crippen LogP contribution < -0.4 is 4.90 Å². The van der Waals surface area contributed by atoms with Crippen molar-refractivity contribution in [3.8, 4) is 0 Å². The zero-order chi connectivity index (χ0) is 10.8. The van der Waals surface area contributed by atoms with Crippen molar-refractivity contribution in [3.05, 3.63) is 21.8 Å². The number of hydrogen-bond donors (Lipinski definition) is 0. The molecule has 1 saturated heterocycles. The molecule has 2 heterocycles. The van der Waals surface area contributed by atoms with Crippen molar-refractivity contribution in [1.82, 2.24) is 4.98 Å². The van der Waals surface area contributed by atoms with E-state index in [1.54, 1.807) is 6.20 Å². The maximum Gasteiger partial charge on any atom is 0.147 e. The Morgan fingerprint density at radius 3 is 3.00 bits per heavy atom. The van der Waals surface area contributed by atoms with Crippen molar-refractivity contribution >= 4 is 44.9 Å². The lowest BCUT2D eigenvalue weighted by Crippen LogP contribution is -2.21. The Morgan fingerprint density at radius 1 is 1.60 bits per heavy atom. The fourth-order valence-corrected chi connectivity index (χ4v) is 2.79. The molecular formula is C10H11BrCl2N2. The van der Waals surface area contributed by atoms with Crippen LogP contribution in [0.4, 0.5) is 5.82 Å². The molecule has 15 heavy (non-hydrogen) atoms. The van der Waals surface area contributed by atoms with Crippen molar-refractivity contribution in [2.45, 2.75) is 6.42 Å². The first-order chi connectivity index (χ1) is 7.20. The van der Waals surface area contributed by atoms with Crippen LogP contribution in [0.5, 0.6) is 0 Å². The standard InChI is InChI=1S/C10H11BrCl2N2/c11-8-3-9(13)10(14-5-8)15-2-1-7(4-12)6-15/h3,5,7H,1-2,4,6H2. The molecule has 0 saturated carbocycles. The molecule has 2 rings (SSSR count). The van der Waals surface area contributed by atoms with E-state index < -0.39 is 0 Å². The molecule has 0 radical (unpaired) electrons. The second-order valence-electron chi connectivity index (χ2n) is 3.71. The first-order valence-electron chi connectivity index (χ1n) is 4.82. The molecule has 1 aromatic heterocycles. The summed E-state index contributed by atoms with van der Waals surface area (Å²) < 4.78 is 0.907. The maximum atomic E-state index is 6.13. The molecule has 5 heteroatoms. The van der Waals surface area contributed by atoms with E-state index in [1.165, 1.54) is 0 Å². The summed E-state index contributed by atoms with van der Waals surface area (Å²) >= 11 is 15.3. The van der Waals surface area contributed by atoms with Crippen LogP contribution >= 0.6 is 39.1 Å². The van der Waals surface area contributed by atoms with Crippen molar-refractivity contribution in [3.63, 3.8) is 0 Å². The SMILES string of the molecule is ClCC1CCN(c2ncc(Br)cc2Cl)C1. The molecule has 2 nitrogen and oxygen atoms in total. The summed E-state index contributed by atoms with van der Waals surface area (Å²) in [6, 6.07) is 1.87. The minimum atomic E-state index is 0.563. The van der Waals surface area contributed by atoms with Crippen LogP contribution in [0.15, 0.2) is 16.7 Å². The Morgan fingerprint density at radius 2 is 2.40 bits per heavy atom. The average molecular weight is 310 g/mol. The lowest BCUT2D eigenvalue weighted by molar-refractivity contribution is 0.666. The van der Waals surface area contributed by atoms with Crippen LogP contribution in [0.3, 0.4) is 0 Å². The normalized spacial score (nSPS) is 21.0. The molecule has 0 aromatic carbocycles. The highest BCUT2D eigenvalue weighted by molar-refractivity contribution is 9.10. The summed E-state index contributed by atoms with van der Waals surface area (Å²) in [6.07, 6.45) is 2.90. The van der Waals surface area contributed by atoms with Crippen LogP contribution in [-0.4, -0.2) is 24.0 Å². The summed E-state index contributed by atoms with van der Waals surface area (Å²) in [7, 11) is 0. The van der Waals surface area contributed by atoms with Gasteiger partial charge in [-0.1, -0.05) is 11.6 Å². The molecule has 0 aliphatic carbocycles. The molecule has 1 unspecified atom stereocenters. The van der Waals surface area contributed by atoms with E-state index in [-0.39, 0.29) is 0 Å². The molecule has 1 aliphatic heterocycles. The highest BCUT2D eigenvalue weighted by Gasteiger charge is 2.24. The van der Waals surface area contributed by atoms with Gasteiger partial charge in [0, 0.05) is 29.6 Å². The van der Waals surface area contributed by atoms with E-state index in [0.29, 0.717) is 16.8 Å². The molecule has 0 spiro atoms. The van der Waals surface area contributed by atoms with E-state index >= 15 is 0 Å². The Balaban J connectivity index is 2.17. The Labute approximate surface area is 108 Å². The van der Waals surface area contributed by atoms with Crippen LogP contribution in [0, 0.1) is 5.92 Å². The molecule has 1 aromatic rings. The van der Waals surface area contributed by atoms with Gasteiger partial charge in [-0.25, -0.2) is 4.98 Å². The number of anilines is 1. The fraction of sp³-hybridized carbons (Fsp3) is 0.500. The number of hydrogen-bond acceptors (Lipinski definition) is 2. The van der Waals surface area contributed by atoms with E-state index in [2.05, 4.69) is 25.8 Å². The topological polar surface area (TPSA) is 16.1 Å². The zero-order valence-electron chi connectivity index (χ0n) is 8.09. The van der Waals surface area contributed by atoms with Gasteiger partial charge in [-0.2, -0.15) is 0 Å². The van der Waals surface area contributed by atoms with Crippen molar-refractivity contribution in [2.24, 2.45) is 5.92 Å². The van der Waals surface area contributed by atoms with E-state index in [1.807, 2.05) is 6.07 Å². The smallest absolute Gasteiger partial charge is 0.147 e. The van der Waals surface area contributed by atoms with Gasteiger partial charge in [0.25, 0.3) is 0 Å². The van der Waals surface area contributed by atoms with E-state index in [0.717, 1.165) is 29.8 Å². The maximum absolute atomic E-state index is 6.13. The largest absolute Gasteiger partial charge is 0.355 e. The number of halogens is 3. The molecule has 1 fully saturated rings. The number of alkyl halides is 1. The monoisotopic (exact) mass is 308 g/mol. The van der Waals surface area contributed by atoms with Crippen molar-refractivity contribution in [2.75, 3.05) is 23.9 Å². The van der Waals surface area contributed by atoms with Crippen LogP contribution in [0.2, 0.25) is 5.02 Å². The quantitative estimate of drug-likeness (QED) is 0.777. The van der Waals surface area contributed by atoms with Gasteiger partial charge < -0.3 is 4.90 Å². The highest BCUT2D eigenvalue weighted by Crippen LogP contribution is 2.30. The van der Waals surface area contributed by atoms with Gasteiger partial charge >= 0.3 is 0 Å². The molecular weight excluding hydrogens is 299 g/mol. The Bertz CT molecular complexity index is 359.